The van der Waals surface area contributed by atoms with E-state index in [-0.39, 0.29) is 11.9 Å². The number of amides is 1. The number of benzene rings is 1. The van der Waals surface area contributed by atoms with E-state index in [1.807, 2.05) is 38.1 Å². The van der Waals surface area contributed by atoms with Crippen molar-refractivity contribution in [3.8, 4) is 5.75 Å². The zero-order valence-corrected chi connectivity index (χ0v) is 12.4. The summed E-state index contributed by atoms with van der Waals surface area (Å²) in [6, 6.07) is 11.2. The minimum Gasteiger partial charge on any atom is -0.489 e. The van der Waals surface area contributed by atoms with Crippen molar-refractivity contribution in [2.75, 3.05) is 0 Å². The predicted octanol–water partition coefficient (Wildman–Crippen LogP) is 3.19. The number of hydrogen-bond acceptors (Lipinski definition) is 3. The molecular weight excluding hydrogens is 264 g/mol. The fraction of sp³-hybridized carbons (Fsp3) is 0.294. The van der Waals surface area contributed by atoms with E-state index in [1.54, 1.807) is 24.5 Å². The lowest BCUT2D eigenvalue weighted by atomic mass is 10.2. The van der Waals surface area contributed by atoms with E-state index in [0.717, 1.165) is 17.7 Å². The number of nitrogens with one attached hydrogen (secondary N) is 1. The Balaban J connectivity index is 1.91. The molecule has 0 aliphatic rings. The smallest absolute Gasteiger partial charge is 0.251 e. The molecule has 0 aliphatic carbocycles. The van der Waals surface area contributed by atoms with Gasteiger partial charge in [-0.25, -0.2) is 0 Å². The van der Waals surface area contributed by atoms with Crippen LogP contribution in [0, 0.1) is 0 Å². The first-order valence-electron chi connectivity index (χ1n) is 7.11. The molecule has 0 saturated heterocycles. The van der Waals surface area contributed by atoms with Crippen LogP contribution >= 0.6 is 0 Å². The molecule has 110 valence electrons. The fourth-order valence-electron chi connectivity index (χ4n) is 1.76. The lowest BCUT2D eigenvalue weighted by Gasteiger charge is -2.11. The van der Waals surface area contributed by atoms with Crippen LogP contribution in [0.5, 0.6) is 5.75 Å². The minimum absolute atomic E-state index is 0.0526. The maximum atomic E-state index is 11.9. The molecule has 4 heteroatoms. The SMILES string of the molecule is CCC(C)NC(=O)c1ccc(OCc2cccnc2)cc1. The molecule has 1 heterocycles. The van der Waals surface area contributed by atoms with E-state index in [0.29, 0.717) is 12.2 Å². The molecule has 0 saturated carbocycles. The van der Waals surface area contributed by atoms with Gasteiger partial charge in [0.2, 0.25) is 0 Å². The second kappa shape index (κ2) is 7.43. The molecule has 1 atom stereocenters. The Morgan fingerprint density at radius 3 is 2.67 bits per heavy atom. The van der Waals surface area contributed by atoms with Crippen molar-refractivity contribution in [1.82, 2.24) is 10.3 Å². The van der Waals surface area contributed by atoms with Gasteiger partial charge in [0.25, 0.3) is 5.91 Å². The second-order valence-corrected chi connectivity index (χ2v) is 4.96. The maximum absolute atomic E-state index is 11.9. The van der Waals surface area contributed by atoms with Crippen LogP contribution in [0.2, 0.25) is 0 Å². The van der Waals surface area contributed by atoms with Crippen LogP contribution in [0.25, 0.3) is 0 Å². The maximum Gasteiger partial charge on any atom is 0.251 e. The lowest BCUT2D eigenvalue weighted by molar-refractivity contribution is 0.0939. The summed E-state index contributed by atoms with van der Waals surface area (Å²) < 4.78 is 5.66. The van der Waals surface area contributed by atoms with Crippen LogP contribution in [0.3, 0.4) is 0 Å². The van der Waals surface area contributed by atoms with Gasteiger partial charge in [-0.3, -0.25) is 9.78 Å². The highest BCUT2D eigenvalue weighted by Crippen LogP contribution is 2.14. The summed E-state index contributed by atoms with van der Waals surface area (Å²) in [6.07, 6.45) is 4.42. The summed E-state index contributed by atoms with van der Waals surface area (Å²) >= 11 is 0. The van der Waals surface area contributed by atoms with Gasteiger partial charge in [0.05, 0.1) is 0 Å². The van der Waals surface area contributed by atoms with E-state index >= 15 is 0 Å². The van der Waals surface area contributed by atoms with Gasteiger partial charge < -0.3 is 10.1 Å². The first-order valence-corrected chi connectivity index (χ1v) is 7.11. The Morgan fingerprint density at radius 2 is 2.05 bits per heavy atom. The number of ether oxygens (including phenoxy) is 1. The summed E-state index contributed by atoms with van der Waals surface area (Å²) in [5.74, 6) is 0.683. The number of carbonyl (C=O) groups is 1. The van der Waals surface area contributed by atoms with Gasteiger partial charge >= 0.3 is 0 Å². The Labute approximate surface area is 125 Å². The van der Waals surface area contributed by atoms with Crippen molar-refractivity contribution in [3.63, 3.8) is 0 Å². The zero-order valence-electron chi connectivity index (χ0n) is 12.4. The molecule has 0 aliphatic heterocycles. The highest BCUT2D eigenvalue weighted by atomic mass is 16.5. The second-order valence-electron chi connectivity index (χ2n) is 4.96. The number of rotatable bonds is 6. The molecule has 1 amide bonds. The quantitative estimate of drug-likeness (QED) is 0.886. The van der Waals surface area contributed by atoms with Crippen molar-refractivity contribution in [1.29, 1.82) is 0 Å². The molecule has 1 unspecified atom stereocenters. The number of nitrogens with zero attached hydrogens (tertiary/aromatic N) is 1. The topological polar surface area (TPSA) is 51.2 Å². The average molecular weight is 284 g/mol. The van der Waals surface area contributed by atoms with Crippen LogP contribution in [-0.2, 0) is 6.61 Å². The van der Waals surface area contributed by atoms with Gasteiger partial charge in [0.15, 0.2) is 0 Å². The van der Waals surface area contributed by atoms with Crippen LogP contribution in [0.4, 0.5) is 0 Å². The molecule has 0 radical (unpaired) electrons. The van der Waals surface area contributed by atoms with Crippen LogP contribution < -0.4 is 10.1 Å². The van der Waals surface area contributed by atoms with Gasteiger partial charge in [-0.15, -0.1) is 0 Å². The molecule has 4 nitrogen and oxygen atoms in total. The Hall–Kier alpha value is -2.36. The molecule has 2 aromatic rings. The molecule has 1 aromatic carbocycles. The monoisotopic (exact) mass is 284 g/mol. The first kappa shape index (κ1) is 15.0. The standard InChI is InChI=1S/C17H20N2O2/c1-3-13(2)19-17(20)15-6-8-16(9-7-15)21-12-14-5-4-10-18-11-14/h4-11,13H,3,12H2,1-2H3,(H,19,20). The summed E-state index contributed by atoms with van der Waals surface area (Å²) in [5.41, 5.74) is 1.65. The molecule has 0 fully saturated rings. The van der Waals surface area contributed by atoms with Crippen molar-refractivity contribution < 1.29 is 9.53 Å². The number of pyridine rings is 1. The highest BCUT2D eigenvalue weighted by molar-refractivity contribution is 5.94. The summed E-state index contributed by atoms with van der Waals surface area (Å²) in [4.78, 5) is 16.0. The molecule has 1 N–H and O–H groups in total. The Morgan fingerprint density at radius 1 is 1.29 bits per heavy atom. The third-order valence-electron chi connectivity index (χ3n) is 3.23. The lowest BCUT2D eigenvalue weighted by Crippen LogP contribution is -2.31. The Bertz CT molecular complexity index is 567. The van der Waals surface area contributed by atoms with Gasteiger partial charge in [-0.1, -0.05) is 13.0 Å². The zero-order chi connectivity index (χ0) is 15.1. The van der Waals surface area contributed by atoms with E-state index in [1.165, 1.54) is 0 Å². The minimum atomic E-state index is -0.0526. The van der Waals surface area contributed by atoms with Gasteiger partial charge in [0, 0.05) is 29.6 Å². The van der Waals surface area contributed by atoms with E-state index in [4.69, 9.17) is 4.74 Å². The van der Waals surface area contributed by atoms with E-state index in [9.17, 15) is 4.79 Å². The summed E-state index contributed by atoms with van der Waals surface area (Å²) in [5, 5.41) is 2.94. The first-order chi connectivity index (χ1) is 10.2. The van der Waals surface area contributed by atoms with Crippen LogP contribution in [0.1, 0.15) is 36.2 Å². The van der Waals surface area contributed by atoms with Crippen molar-refractivity contribution >= 4 is 5.91 Å². The summed E-state index contributed by atoms with van der Waals surface area (Å²) in [7, 11) is 0. The third kappa shape index (κ3) is 4.60. The Kier molecular flexibility index (Phi) is 5.32. The molecule has 1 aromatic heterocycles. The molecule has 2 rings (SSSR count). The van der Waals surface area contributed by atoms with Crippen molar-refractivity contribution in [2.24, 2.45) is 0 Å². The largest absolute Gasteiger partial charge is 0.489 e. The molecule has 21 heavy (non-hydrogen) atoms. The molecular formula is C17H20N2O2. The number of carbonyl (C=O) groups excluding carboxylic acids is 1. The van der Waals surface area contributed by atoms with Gasteiger partial charge in [-0.2, -0.15) is 0 Å². The fourth-order valence-corrected chi connectivity index (χ4v) is 1.76. The van der Waals surface area contributed by atoms with E-state index < -0.39 is 0 Å². The molecule has 0 bridgehead atoms. The van der Waals surface area contributed by atoms with E-state index in [2.05, 4.69) is 10.3 Å². The summed E-state index contributed by atoms with van der Waals surface area (Å²) in [6.45, 7) is 4.50. The average Bonchev–Trinajstić information content (AvgIpc) is 2.54. The highest BCUT2D eigenvalue weighted by Gasteiger charge is 2.08. The van der Waals surface area contributed by atoms with Crippen molar-refractivity contribution in [2.45, 2.75) is 32.9 Å². The molecule has 0 spiro atoms. The van der Waals surface area contributed by atoms with Gasteiger partial charge in [-0.05, 0) is 43.7 Å². The number of aromatic nitrogens is 1. The van der Waals surface area contributed by atoms with Crippen LogP contribution in [-0.4, -0.2) is 16.9 Å². The van der Waals surface area contributed by atoms with Gasteiger partial charge in [0.1, 0.15) is 12.4 Å². The number of hydrogen-bond donors (Lipinski definition) is 1. The predicted molar refractivity (Wildman–Crippen MR) is 82.2 cm³/mol. The van der Waals surface area contributed by atoms with Crippen LogP contribution in [0.15, 0.2) is 48.8 Å². The normalized spacial score (nSPS) is 11.7. The third-order valence-corrected chi connectivity index (χ3v) is 3.23. The van der Waals surface area contributed by atoms with Crippen molar-refractivity contribution in [3.05, 3.63) is 59.9 Å².